The highest BCUT2D eigenvalue weighted by Gasteiger charge is 2.46. The number of aromatic hydroxyl groups is 1. The van der Waals surface area contributed by atoms with Gasteiger partial charge >= 0.3 is 5.97 Å². The molecule has 0 unspecified atom stereocenters. The standard InChI is InChI=1S/C46H61N13O10S2/c1-49-22-38(61)53-31(9-5-15-51-46(47)48)39(62)57-35-24-70-71-30-20-37(59(23-30)44(67)32(54-40(35)63)17-27-11-13-29(60)14-12-27)42(65)55-33(19-28-21-50-25-52-28)43(66)58-16-6-10-36(58)41(64)56-34(45(68)69)18-26-7-3-2-4-8-26/h2-4,7-8,11-14,21,25,30-37,49,60H,5-6,9-10,15-20,22-24H2,1H3,(H,50,52)(H,53,61)(H,54,63)(H,55,65)(H,56,64)(H,57,62)(H,68,69)(H4,47,48,51)/t30-,31+,32+,33+,34+,35+,36+,37+/m1/s1. The highest BCUT2D eigenvalue weighted by atomic mass is 33.1. The number of carbonyl (C=O) groups is 8. The van der Waals surface area contributed by atoms with E-state index in [1.165, 1.54) is 56.0 Å². The number of aliphatic imine (C=N–C) groups is 1. The normalized spacial score (nSPS) is 21.4. The van der Waals surface area contributed by atoms with E-state index in [1.807, 2.05) is 0 Å². The Bertz CT molecular complexity index is 2380. The van der Waals surface area contributed by atoms with E-state index >= 15 is 0 Å². The summed E-state index contributed by atoms with van der Waals surface area (Å²) in [6, 6.07) is 6.72. The Labute approximate surface area is 417 Å². The summed E-state index contributed by atoms with van der Waals surface area (Å²) in [5.41, 5.74) is 12.7. The molecule has 6 rings (SSSR count). The zero-order valence-corrected chi connectivity index (χ0v) is 40.7. The number of nitrogens with one attached hydrogen (secondary N) is 7. The number of aromatic nitrogens is 2. The number of phenols is 1. The Morgan fingerprint density at radius 1 is 0.930 bits per heavy atom. The highest BCUT2D eigenvalue weighted by Crippen LogP contribution is 2.37. The van der Waals surface area contributed by atoms with Crippen molar-refractivity contribution in [3.05, 3.63) is 83.9 Å². The Balaban J connectivity index is 1.21. The minimum Gasteiger partial charge on any atom is -0.508 e. The minimum atomic E-state index is -1.28. The van der Waals surface area contributed by atoms with Crippen LogP contribution >= 0.6 is 21.6 Å². The average molecular weight is 1020 g/mol. The van der Waals surface area contributed by atoms with Gasteiger partial charge in [-0.15, -0.1) is 0 Å². The number of aromatic amines is 1. The molecule has 7 amide bonds. The SMILES string of the molecule is CNCC(=O)N[C@@H](CCCN=C(N)N)C(=O)N[C@H]1CSS[C@@H]2C[C@@H](C(=O)N[C@@H](Cc3cnc[nH]3)C(=O)N3CCC[C@H]3C(=O)N[C@@H](Cc3ccccc3)C(=O)O)N(C2)C(=O)[C@H](Cc2ccc(O)cc2)NC1=O. The van der Waals surface area contributed by atoms with Crippen molar-refractivity contribution in [1.82, 2.24) is 51.7 Å². The van der Waals surface area contributed by atoms with Crippen LogP contribution in [0.3, 0.4) is 0 Å². The van der Waals surface area contributed by atoms with E-state index in [4.69, 9.17) is 11.5 Å². The Kier molecular flexibility index (Phi) is 19.5. The molecule has 382 valence electrons. The van der Waals surface area contributed by atoms with Crippen LogP contribution in [0.1, 0.15) is 48.9 Å². The number of guanidine groups is 1. The smallest absolute Gasteiger partial charge is 0.326 e. The molecule has 3 saturated heterocycles. The van der Waals surface area contributed by atoms with Crippen molar-refractivity contribution in [3.63, 3.8) is 0 Å². The van der Waals surface area contributed by atoms with Crippen LogP contribution in [0.15, 0.2) is 72.1 Å². The lowest BCUT2D eigenvalue weighted by atomic mass is 10.0. The molecule has 0 aliphatic carbocycles. The first kappa shape index (κ1) is 53.5. The summed E-state index contributed by atoms with van der Waals surface area (Å²) in [6.45, 7) is 0.368. The van der Waals surface area contributed by atoms with E-state index in [1.54, 1.807) is 49.5 Å². The first-order valence-electron chi connectivity index (χ1n) is 23.2. The number of aliphatic carboxylic acids is 1. The summed E-state index contributed by atoms with van der Waals surface area (Å²) < 4.78 is 0. The van der Waals surface area contributed by atoms with Gasteiger partial charge in [0.05, 0.1) is 12.9 Å². The number of carboxylic acid groups (broad SMARTS) is 1. The summed E-state index contributed by atoms with van der Waals surface area (Å²) in [5.74, 6) is -5.65. The quantitative estimate of drug-likeness (QED) is 0.0245. The number of nitrogens with two attached hydrogens (primary N) is 2. The molecule has 2 bridgehead atoms. The lowest BCUT2D eigenvalue weighted by Crippen LogP contribution is -2.60. The summed E-state index contributed by atoms with van der Waals surface area (Å²) >= 11 is 0. The zero-order valence-electron chi connectivity index (χ0n) is 39.1. The number of hydrogen-bond acceptors (Lipinski definition) is 14. The van der Waals surface area contributed by atoms with Gasteiger partial charge in [-0.1, -0.05) is 64.1 Å². The molecule has 23 nitrogen and oxygen atoms in total. The predicted molar refractivity (Wildman–Crippen MR) is 264 cm³/mol. The number of amides is 7. The van der Waals surface area contributed by atoms with E-state index in [-0.39, 0.29) is 87.4 Å². The second kappa shape index (κ2) is 25.8. The van der Waals surface area contributed by atoms with Gasteiger partial charge in [0.15, 0.2) is 5.96 Å². The molecule has 25 heteroatoms. The van der Waals surface area contributed by atoms with Gasteiger partial charge in [-0.2, -0.15) is 0 Å². The number of carbonyl (C=O) groups excluding carboxylic acids is 7. The third kappa shape index (κ3) is 15.3. The largest absolute Gasteiger partial charge is 0.508 e. The fraction of sp³-hybridized carbons (Fsp3) is 0.478. The van der Waals surface area contributed by atoms with Crippen LogP contribution in [-0.2, 0) is 57.6 Å². The molecular weight excluding hydrogens is 959 g/mol. The number of nitrogens with zero attached hydrogens (tertiary/aromatic N) is 4. The third-order valence-corrected chi connectivity index (χ3v) is 15.0. The number of H-pyrrole nitrogens is 1. The highest BCUT2D eigenvalue weighted by molar-refractivity contribution is 8.77. The zero-order chi connectivity index (χ0) is 51.0. The van der Waals surface area contributed by atoms with E-state index in [0.717, 1.165) is 0 Å². The van der Waals surface area contributed by atoms with Crippen LogP contribution < -0.4 is 43.4 Å². The minimum absolute atomic E-state index is 0.0223. The van der Waals surface area contributed by atoms with E-state index in [2.05, 4.69) is 46.9 Å². The van der Waals surface area contributed by atoms with Crippen LogP contribution in [0.5, 0.6) is 5.75 Å². The van der Waals surface area contributed by atoms with E-state index in [9.17, 15) is 48.6 Å². The maximum atomic E-state index is 14.9. The van der Waals surface area contributed by atoms with Gasteiger partial charge in [0.25, 0.3) is 0 Å². The predicted octanol–water partition coefficient (Wildman–Crippen LogP) is -1.72. The topological polar surface area (TPSA) is 349 Å². The molecular formula is C46H61N13O10S2. The van der Waals surface area contributed by atoms with Crippen molar-refractivity contribution in [2.24, 2.45) is 16.5 Å². The van der Waals surface area contributed by atoms with Gasteiger partial charge in [0.2, 0.25) is 41.4 Å². The molecule has 2 aromatic carbocycles. The molecule has 3 aromatic rings. The molecule has 0 radical (unpaired) electrons. The van der Waals surface area contributed by atoms with Gasteiger partial charge in [-0.3, -0.25) is 38.6 Å². The molecule has 4 heterocycles. The Hall–Kier alpha value is -6.86. The van der Waals surface area contributed by atoms with E-state index in [0.29, 0.717) is 29.7 Å². The molecule has 1 aromatic heterocycles. The van der Waals surface area contributed by atoms with Gasteiger partial charge < -0.3 is 68.4 Å². The van der Waals surface area contributed by atoms with Crippen LogP contribution in [0.4, 0.5) is 0 Å². The number of likely N-dealkylation sites (N-methyl/N-ethyl adjacent to an activating group) is 1. The van der Waals surface area contributed by atoms with Gasteiger partial charge in [-0.05, 0) is 62.4 Å². The van der Waals surface area contributed by atoms with Crippen LogP contribution in [0.25, 0.3) is 0 Å². The summed E-state index contributed by atoms with van der Waals surface area (Å²) in [7, 11) is 4.16. The molecule has 0 spiro atoms. The molecule has 0 saturated carbocycles. The third-order valence-electron chi connectivity index (χ3n) is 12.2. The summed E-state index contributed by atoms with van der Waals surface area (Å²) in [6.07, 6.45) is 4.13. The maximum absolute atomic E-state index is 14.9. The van der Waals surface area contributed by atoms with Crippen molar-refractivity contribution in [3.8, 4) is 5.75 Å². The molecule has 3 aliphatic heterocycles. The maximum Gasteiger partial charge on any atom is 0.326 e. The first-order valence-corrected chi connectivity index (χ1v) is 25.6. The number of rotatable bonds is 21. The summed E-state index contributed by atoms with van der Waals surface area (Å²) in [4.78, 5) is 124. The van der Waals surface area contributed by atoms with Crippen molar-refractivity contribution in [2.75, 3.05) is 39.0 Å². The number of phenolic OH excluding ortho intramolecular Hbond substituents is 1. The van der Waals surface area contributed by atoms with Crippen molar-refractivity contribution in [2.45, 2.75) is 98.9 Å². The molecule has 13 N–H and O–H groups in total. The van der Waals surface area contributed by atoms with E-state index < -0.39 is 89.6 Å². The van der Waals surface area contributed by atoms with Gasteiger partial charge in [0.1, 0.15) is 48.0 Å². The summed E-state index contributed by atoms with van der Waals surface area (Å²) in [5, 5.41) is 36.1. The van der Waals surface area contributed by atoms with Crippen LogP contribution in [0, 0.1) is 0 Å². The Morgan fingerprint density at radius 2 is 1.66 bits per heavy atom. The number of carboxylic acids is 1. The average Bonchev–Trinajstić information content (AvgIpc) is 4.14. The number of benzene rings is 2. The Morgan fingerprint density at radius 3 is 2.35 bits per heavy atom. The fourth-order valence-electron chi connectivity index (χ4n) is 8.64. The molecule has 3 aliphatic rings. The number of likely N-dealkylation sites (tertiary alicyclic amines) is 1. The van der Waals surface area contributed by atoms with Crippen LogP contribution in [-0.4, -0.2) is 170 Å². The first-order chi connectivity index (χ1) is 34.1. The number of fused-ring (bicyclic) bond motifs is 2. The second-order valence-corrected chi connectivity index (χ2v) is 20.2. The van der Waals surface area contributed by atoms with Gasteiger partial charge in [0, 0.05) is 61.8 Å². The lowest BCUT2D eigenvalue weighted by Gasteiger charge is -2.32. The molecule has 8 atom stereocenters. The molecule has 71 heavy (non-hydrogen) atoms. The lowest BCUT2D eigenvalue weighted by molar-refractivity contribution is -0.145. The van der Waals surface area contributed by atoms with Gasteiger partial charge in [-0.25, -0.2) is 9.78 Å². The number of imidazole rings is 1. The monoisotopic (exact) mass is 1020 g/mol. The van der Waals surface area contributed by atoms with Crippen molar-refractivity contribution >= 4 is 74.9 Å². The second-order valence-electron chi connectivity index (χ2n) is 17.5. The van der Waals surface area contributed by atoms with Crippen molar-refractivity contribution < 1.29 is 48.6 Å². The fourth-order valence-corrected chi connectivity index (χ4v) is 11.4. The number of hydrogen-bond donors (Lipinski definition) is 11. The van der Waals surface area contributed by atoms with Crippen LogP contribution in [0.2, 0.25) is 0 Å². The molecule has 3 fully saturated rings. The van der Waals surface area contributed by atoms with Crippen molar-refractivity contribution in [1.29, 1.82) is 0 Å².